The minimum Gasteiger partial charge on any atom is -0.465 e. The summed E-state index contributed by atoms with van der Waals surface area (Å²) in [6.45, 7) is 2.16. The van der Waals surface area contributed by atoms with Crippen molar-refractivity contribution in [3.8, 4) is 0 Å². The molecular formula is C15H17N3O4. The Kier molecular flexibility index (Phi) is 4.77. The number of urea groups is 1. The summed E-state index contributed by atoms with van der Waals surface area (Å²) in [5.41, 5.74) is 2.05. The van der Waals surface area contributed by atoms with Crippen molar-refractivity contribution < 1.29 is 18.8 Å². The Morgan fingerprint density at radius 3 is 2.55 bits per heavy atom. The van der Waals surface area contributed by atoms with Crippen LogP contribution in [0.4, 0.5) is 10.7 Å². The molecule has 1 aromatic heterocycles. The van der Waals surface area contributed by atoms with Gasteiger partial charge in [0.25, 0.3) is 0 Å². The van der Waals surface area contributed by atoms with Gasteiger partial charge in [0.1, 0.15) is 0 Å². The summed E-state index contributed by atoms with van der Waals surface area (Å²) in [5, 5.41) is 6.30. The largest absolute Gasteiger partial charge is 0.465 e. The molecule has 0 saturated heterocycles. The average molecular weight is 303 g/mol. The van der Waals surface area contributed by atoms with Crippen LogP contribution in [0.1, 0.15) is 21.6 Å². The Labute approximate surface area is 127 Å². The van der Waals surface area contributed by atoms with Crippen LogP contribution in [0, 0.1) is 6.92 Å². The van der Waals surface area contributed by atoms with Gasteiger partial charge in [-0.25, -0.2) is 9.59 Å². The zero-order valence-corrected chi connectivity index (χ0v) is 12.6. The van der Waals surface area contributed by atoms with Gasteiger partial charge in [0.15, 0.2) is 0 Å². The Morgan fingerprint density at radius 1 is 1.32 bits per heavy atom. The summed E-state index contributed by atoms with van der Waals surface area (Å²) < 4.78 is 9.56. The maximum Gasteiger partial charge on any atom is 0.337 e. The van der Waals surface area contributed by atoms with Crippen molar-refractivity contribution in [3.63, 3.8) is 0 Å². The monoisotopic (exact) mass is 303 g/mol. The molecule has 0 fully saturated rings. The molecule has 7 heteroatoms. The van der Waals surface area contributed by atoms with E-state index in [2.05, 4.69) is 15.2 Å². The number of benzene rings is 1. The highest BCUT2D eigenvalue weighted by Crippen LogP contribution is 2.11. The number of amides is 2. The molecule has 0 bridgehead atoms. The number of ether oxygens (including phenoxy) is 1. The number of anilines is 1. The standard InChI is InChI=1S/C15H17N3O4/c1-10-8-13(22-17-10)16-15(20)18(2)9-11-4-6-12(7-5-11)14(19)21-3/h4-8H,9H2,1-3H3,(H,16,20). The van der Waals surface area contributed by atoms with Crippen LogP contribution in [0.25, 0.3) is 0 Å². The number of hydrogen-bond acceptors (Lipinski definition) is 5. The first-order valence-electron chi connectivity index (χ1n) is 6.62. The number of carbonyl (C=O) groups is 2. The number of aryl methyl sites for hydroxylation is 1. The number of carbonyl (C=O) groups excluding carboxylic acids is 2. The zero-order valence-electron chi connectivity index (χ0n) is 12.6. The minimum atomic E-state index is -0.390. The maximum atomic E-state index is 12.0. The highest BCUT2D eigenvalue weighted by molar-refractivity contribution is 5.89. The van der Waals surface area contributed by atoms with Crippen LogP contribution >= 0.6 is 0 Å². The van der Waals surface area contributed by atoms with Crippen LogP contribution in [0.2, 0.25) is 0 Å². The first-order chi connectivity index (χ1) is 10.5. The molecule has 2 aromatic rings. The van der Waals surface area contributed by atoms with Crippen molar-refractivity contribution in [1.82, 2.24) is 10.1 Å². The van der Waals surface area contributed by atoms with Crippen molar-refractivity contribution in [2.75, 3.05) is 19.5 Å². The molecule has 2 amide bonds. The van der Waals surface area contributed by atoms with Gasteiger partial charge in [0.05, 0.1) is 18.4 Å². The summed E-state index contributed by atoms with van der Waals surface area (Å²) in [5.74, 6) is -0.0891. The molecule has 1 heterocycles. The second kappa shape index (κ2) is 6.75. The third-order valence-corrected chi connectivity index (χ3v) is 3.00. The van der Waals surface area contributed by atoms with Crippen molar-refractivity contribution in [1.29, 1.82) is 0 Å². The first kappa shape index (κ1) is 15.6. The fourth-order valence-electron chi connectivity index (χ4n) is 1.83. The highest BCUT2D eigenvalue weighted by atomic mass is 16.5. The first-order valence-corrected chi connectivity index (χ1v) is 6.62. The van der Waals surface area contributed by atoms with Gasteiger partial charge in [0.2, 0.25) is 5.88 Å². The van der Waals surface area contributed by atoms with Gasteiger partial charge >= 0.3 is 12.0 Å². The van der Waals surface area contributed by atoms with E-state index < -0.39 is 5.97 Å². The number of aromatic nitrogens is 1. The number of nitrogens with zero attached hydrogens (tertiary/aromatic N) is 2. The Morgan fingerprint density at radius 2 is 2.00 bits per heavy atom. The highest BCUT2D eigenvalue weighted by Gasteiger charge is 2.12. The van der Waals surface area contributed by atoms with Crippen LogP contribution in [-0.2, 0) is 11.3 Å². The SMILES string of the molecule is COC(=O)c1ccc(CN(C)C(=O)Nc2cc(C)no2)cc1. The van der Waals surface area contributed by atoms with Crippen molar-refractivity contribution >= 4 is 17.9 Å². The lowest BCUT2D eigenvalue weighted by molar-refractivity contribution is 0.0600. The Balaban J connectivity index is 1.94. The summed E-state index contributed by atoms with van der Waals surface area (Å²) in [6, 6.07) is 8.19. The number of hydrogen-bond donors (Lipinski definition) is 1. The fraction of sp³-hybridized carbons (Fsp3) is 0.267. The zero-order chi connectivity index (χ0) is 16.1. The van der Waals surface area contributed by atoms with Crippen molar-refractivity contribution in [3.05, 3.63) is 47.2 Å². The van der Waals surface area contributed by atoms with E-state index in [1.807, 2.05) is 0 Å². The van der Waals surface area contributed by atoms with E-state index in [4.69, 9.17) is 4.52 Å². The molecule has 0 spiro atoms. The molecule has 116 valence electrons. The molecule has 0 unspecified atom stereocenters. The molecule has 0 aliphatic rings. The Hall–Kier alpha value is -2.83. The summed E-state index contributed by atoms with van der Waals surface area (Å²) >= 11 is 0. The lowest BCUT2D eigenvalue weighted by Crippen LogP contribution is -2.30. The van der Waals surface area contributed by atoms with Crippen LogP contribution in [0.3, 0.4) is 0 Å². The average Bonchev–Trinajstić information content (AvgIpc) is 2.92. The summed E-state index contributed by atoms with van der Waals surface area (Å²) in [7, 11) is 2.99. The second-order valence-corrected chi connectivity index (χ2v) is 4.81. The molecule has 22 heavy (non-hydrogen) atoms. The number of esters is 1. The van der Waals surface area contributed by atoms with E-state index in [1.165, 1.54) is 12.0 Å². The lowest BCUT2D eigenvalue weighted by Gasteiger charge is -2.17. The van der Waals surface area contributed by atoms with Gasteiger partial charge in [-0.2, -0.15) is 0 Å². The Bertz CT molecular complexity index is 664. The molecule has 2 rings (SSSR count). The van der Waals surface area contributed by atoms with E-state index in [0.29, 0.717) is 23.7 Å². The number of methoxy groups -OCH3 is 1. The molecule has 0 radical (unpaired) electrons. The van der Waals surface area contributed by atoms with E-state index in [1.54, 1.807) is 44.3 Å². The topological polar surface area (TPSA) is 84.7 Å². The van der Waals surface area contributed by atoms with Crippen LogP contribution in [0.15, 0.2) is 34.9 Å². The number of nitrogens with one attached hydrogen (secondary N) is 1. The lowest BCUT2D eigenvalue weighted by atomic mass is 10.1. The van der Waals surface area contributed by atoms with Gasteiger partial charge in [-0.15, -0.1) is 0 Å². The predicted molar refractivity (Wildman–Crippen MR) is 79.5 cm³/mol. The van der Waals surface area contributed by atoms with Crippen LogP contribution in [0.5, 0.6) is 0 Å². The molecular weight excluding hydrogens is 286 g/mol. The molecule has 0 atom stereocenters. The van der Waals surface area contributed by atoms with Crippen LogP contribution < -0.4 is 5.32 Å². The van der Waals surface area contributed by atoms with Crippen molar-refractivity contribution in [2.45, 2.75) is 13.5 Å². The third kappa shape index (κ3) is 3.85. The minimum absolute atomic E-state index is 0.301. The summed E-state index contributed by atoms with van der Waals surface area (Å²) in [4.78, 5) is 24.8. The van der Waals surface area contributed by atoms with Gasteiger partial charge < -0.3 is 14.2 Å². The molecule has 0 aliphatic heterocycles. The normalized spacial score (nSPS) is 10.1. The van der Waals surface area contributed by atoms with E-state index in [-0.39, 0.29) is 6.03 Å². The maximum absolute atomic E-state index is 12.0. The molecule has 7 nitrogen and oxygen atoms in total. The second-order valence-electron chi connectivity index (χ2n) is 4.81. The van der Waals surface area contributed by atoms with Crippen molar-refractivity contribution in [2.24, 2.45) is 0 Å². The predicted octanol–water partition coefficient (Wildman–Crippen LogP) is 2.43. The third-order valence-electron chi connectivity index (χ3n) is 3.00. The van der Waals surface area contributed by atoms with Gasteiger partial charge in [0, 0.05) is 19.7 Å². The van der Waals surface area contributed by atoms with E-state index >= 15 is 0 Å². The molecule has 0 aliphatic carbocycles. The quantitative estimate of drug-likeness (QED) is 0.877. The van der Waals surface area contributed by atoms with Gasteiger partial charge in [-0.05, 0) is 24.6 Å². The smallest absolute Gasteiger partial charge is 0.337 e. The van der Waals surface area contributed by atoms with Crippen LogP contribution in [-0.4, -0.2) is 36.2 Å². The van der Waals surface area contributed by atoms with E-state index in [0.717, 1.165) is 5.56 Å². The summed E-state index contributed by atoms with van der Waals surface area (Å²) in [6.07, 6.45) is 0. The number of rotatable bonds is 4. The molecule has 0 saturated carbocycles. The van der Waals surface area contributed by atoms with Gasteiger partial charge in [-0.3, -0.25) is 5.32 Å². The van der Waals surface area contributed by atoms with E-state index in [9.17, 15) is 9.59 Å². The molecule has 1 aromatic carbocycles. The van der Waals surface area contributed by atoms with Gasteiger partial charge in [-0.1, -0.05) is 17.3 Å². The fourth-order valence-corrected chi connectivity index (χ4v) is 1.83. The molecule has 1 N–H and O–H groups in total.